The molecular formula is C30H25OP. The molecule has 32 heavy (non-hydrogen) atoms. The molecular weight excluding hydrogens is 407 g/mol. The second kappa shape index (κ2) is 9.39. The Labute approximate surface area is 191 Å². The highest BCUT2D eigenvalue weighted by molar-refractivity contribution is 7.55. The highest BCUT2D eigenvalue weighted by atomic mass is 31.1. The minimum absolute atomic E-state index is 0.641. The first kappa shape index (κ1) is 20.5. The van der Waals surface area contributed by atoms with Gasteiger partial charge in [-0.1, -0.05) is 118 Å². The first-order valence-corrected chi connectivity index (χ1v) is 12.0. The first-order chi connectivity index (χ1) is 15.8. The monoisotopic (exact) mass is 432 g/mol. The van der Waals surface area contributed by atoms with Crippen molar-refractivity contribution in [3.8, 4) is 28.0 Å². The minimum Gasteiger partial charge on any atom is -0.493 e. The molecule has 0 N–H and O–H groups in total. The normalized spacial score (nSPS) is 11.3. The van der Waals surface area contributed by atoms with E-state index in [0.717, 1.165) is 11.3 Å². The van der Waals surface area contributed by atoms with Gasteiger partial charge >= 0.3 is 0 Å². The van der Waals surface area contributed by atoms with Gasteiger partial charge in [0.15, 0.2) is 0 Å². The van der Waals surface area contributed by atoms with Gasteiger partial charge in [0.05, 0.1) is 6.61 Å². The lowest BCUT2D eigenvalue weighted by atomic mass is 9.91. The fraction of sp³-hybridized carbons (Fsp3) is 0.0667. The van der Waals surface area contributed by atoms with Crippen molar-refractivity contribution >= 4 is 30.0 Å². The van der Waals surface area contributed by atoms with E-state index in [1.807, 2.05) is 6.92 Å². The predicted molar refractivity (Wildman–Crippen MR) is 140 cm³/mol. The van der Waals surface area contributed by atoms with E-state index in [0.29, 0.717) is 15.2 Å². The van der Waals surface area contributed by atoms with Crippen LogP contribution in [0.2, 0.25) is 0 Å². The zero-order valence-corrected chi connectivity index (χ0v) is 19.1. The molecule has 0 aromatic heterocycles. The molecule has 0 aliphatic rings. The maximum absolute atomic E-state index is 6.08. The Hall–Kier alpha value is -3.41. The van der Waals surface area contributed by atoms with Crippen LogP contribution in [0.4, 0.5) is 0 Å². The maximum Gasteiger partial charge on any atom is 0.127 e. The largest absolute Gasteiger partial charge is 0.493 e. The minimum atomic E-state index is 0.641. The van der Waals surface area contributed by atoms with E-state index >= 15 is 0 Å². The molecule has 5 rings (SSSR count). The number of rotatable bonds is 6. The molecule has 0 aliphatic carbocycles. The van der Waals surface area contributed by atoms with Crippen molar-refractivity contribution in [2.24, 2.45) is 0 Å². The Kier molecular flexibility index (Phi) is 6.01. The van der Waals surface area contributed by atoms with E-state index in [-0.39, 0.29) is 0 Å². The molecule has 0 saturated carbocycles. The average molecular weight is 433 g/mol. The molecule has 5 aromatic rings. The zero-order valence-electron chi connectivity index (χ0n) is 18.1. The lowest BCUT2D eigenvalue weighted by molar-refractivity contribution is 0.342. The Morgan fingerprint density at radius 1 is 0.594 bits per heavy atom. The number of ether oxygens (including phenoxy) is 1. The standard InChI is InChI=1S/C30H25OP/c1-2-31-29-21-18-22-10-6-7-14-27(22)30(29)28-15-9-8-13-26(28)23-16-19-25(20-17-23)32-24-11-4-3-5-12-24/h3-21,32H,2H2,1H3. The van der Waals surface area contributed by atoms with Gasteiger partial charge in [-0.25, -0.2) is 0 Å². The highest BCUT2D eigenvalue weighted by Gasteiger charge is 2.15. The third-order valence-corrected chi connectivity index (χ3v) is 6.89. The van der Waals surface area contributed by atoms with Crippen LogP contribution in [0.25, 0.3) is 33.0 Å². The van der Waals surface area contributed by atoms with Crippen LogP contribution < -0.4 is 15.3 Å². The molecule has 2 heteroatoms. The third kappa shape index (κ3) is 4.17. The van der Waals surface area contributed by atoms with Gasteiger partial charge in [0.1, 0.15) is 5.75 Å². The van der Waals surface area contributed by atoms with Gasteiger partial charge < -0.3 is 4.74 Å². The van der Waals surface area contributed by atoms with E-state index in [2.05, 4.69) is 115 Å². The van der Waals surface area contributed by atoms with Gasteiger partial charge in [-0.15, -0.1) is 0 Å². The van der Waals surface area contributed by atoms with Crippen LogP contribution in [-0.2, 0) is 0 Å². The van der Waals surface area contributed by atoms with E-state index in [9.17, 15) is 0 Å². The topological polar surface area (TPSA) is 9.23 Å². The van der Waals surface area contributed by atoms with Crippen molar-refractivity contribution in [2.75, 3.05) is 6.61 Å². The van der Waals surface area contributed by atoms with Crippen molar-refractivity contribution in [1.82, 2.24) is 0 Å². The summed E-state index contributed by atoms with van der Waals surface area (Å²) in [4.78, 5) is 0. The van der Waals surface area contributed by atoms with Gasteiger partial charge in [-0.2, -0.15) is 0 Å². The van der Waals surface area contributed by atoms with Crippen LogP contribution in [0.15, 0.2) is 115 Å². The van der Waals surface area contributed by atoms with E-state index in [1.54, 1.807) is 0 Å². The second-order valence-electron chi connectivity index (χ2n) is 7.71. The van der Waals surface area contributed by atoms with Gasteiger partial charge in [0.25, 0.3) is 0 Å². The molecule has 0 heterocycles. The van der Waals surface area contributed by atoms with Crippen molar-refractivity contribution in [3.05, 3.63) is 115 Å². The third-order valence-electron chi connectivity index (χ3n) is 5.65. The summed E-state index contributed by atoms with van der Waals surface area (Å²) in [5, 5.41) is 5.14. The molecule has 0 amide bonds. The summed E-state index contributed by atoms with van der Waals surface area (Å²) in [5.41, 5.74) is 4.80. The molecule has 0 bridgehead atoms. The first-order valence-electron chi connectivity index (χ1n) is 11.0. The number of fused-ring (bicyclic) bond motifs is 1. The molecule has 0 spiro atoms. The van der Waals surface area contributed by atoms with Crippen molar-refractivity contribution in [3.63, 3.8) is 0 Å². The number of benzene rings is 5. The number of hydrogen-bond acceptors (Lipinski definition) is 1. The molecule has 0 radical (unpaired) electrons. The van der Waals surface area contributed by atoms with E-state index in [1.165, 1.54) is 38.1 Å². The molecule has 5 aromatic carbocycles. The molecule has 0 fully saturated rings. The Bertz CT molecular complexity index is 1340. The molecule has 0 saturated heterocycles. The van der Waals surface area contributed by atoms with Crippen molar-refractivity contribution in [1.29, 1.82) is 0 Å². The fourth-order valence-corrected chi connectivity index (χ4v) is 5.21. The predicted octanol–water partition coefficient (Wildman–Crippen LogP) is 7.20. The Balaban J connectivity index is 1.59. The van der Waals surface area contributed by atoms with Crippen molar-refractivity contribution < 1.29 is 4.74 Å². The van der Waals surface area contributed by atoms with E-state index < -0.39 is 0 Å². The molecule has 1 unspecified atom stereocenters. The summed E-state index contributed by atoms with van der Waals surface area (Å²) in [5.74, 6) is 0.931. The van der Waals surface area contributed by atoms with Crippen LogP contribution >= 0.6 is 8.58 Å². The van der Waals surface area contributed by atoms with E-state index in [4.69, 9.17) is 4.74 Å². The summed E-state index contributed by atoms with van der Waals surface area (Å²) in [6.45, 7) is 2.68. The quantitative estimate of drug-likeness (QED) is 0.258. The molecule has 1 nitrogen and oxygen atoms in total. The maximum atomic E-state index is 6.08. The highest BCUT2D eigenvalue weighted by Crippen LogP contribution is 2.41. The van der Waals surface area contributed by atoms with Crippen LogP contribution in [0, 0.1) is 0 Å². The van der Waals surface area contributed by atoms with Crippen LogP contribution in [0.5, 0.6) is 5.75 Å². The Morgan fingerprint density at radius 2 is 1.25 bits per heavy atom. The van der Waals surface area contributed by atoms with Crippen molar-refractivity contribution in [2.45, 2.75) is 6.92 Å². The van der Waals surface area contributed by atoms with Gasteiger partial charge in [0.2, 0.25) is 0 Å². The average Bonchev–Trinajstić information content (AvgIpc) is 2.85. The summed E-state index contributed by atoms with van der Waals surface area (Å²) >= 11 is 0. The zero-order chi connectivity index (χ0) is 21.8. The second-order valence-corrected chi connectivity index (χ2v) is 9.11. The molecule has 0 aliphatic heterocycles. The summed E-state index contributed by atoms with van der Waals surface area (Å²) in [6.07, 6.45) is 0. The SMILES string of the molecule is CCOc1ccc2ccccc2c1-c1ccccc1-c1ccc(Pc2ccccc2)cc1. The van der Waals surface area contributed by atoms with Gasteiger partial charge in [-0.3, -0.25) is 0 Å². The summed E-state index contributed by atoms with van der Waals surface area (Å²) in [7, 11) is 0.666. The fourth-order valence-electron chi connectivity index (χ4n) is 4.18. The summed E-state index contributed by atoms with van der Waals surface area (Å²) in [6, 6.07) is 41.1. The molecule has 1 atom stereocenters. The van der Waals surface area contributed by atoms with Gasteiger partial charge in [-0.05, 0) is 51.1 Å². The number of hydrogen-bond donors (Lipinski definition) is 0. The lowest BCUT2D eigenvalue weighted by Gasteiger charge is -2.17. The van der Waals surface area contributed by atoms with Crippen LogP contribution in [-0.4, -0.2) is 6.61 Å². The van der Waals surface area contributed by atoms with Crippen LogP contribution in [0.1, 0.15) is 6.92 Å². The lowest BCUT2D eigenvalue weighted by Crippen LogP contribution is -2.02. The van der Waals surface area contributed by atoms with Gasteiger partial charge in [0, 0.05) is 5.56 Å². The smallest absolute Gasteiger partial charge is 0.127 e. The molecule has 156 valence electrons. The van der Waals surface area contributed by atoms with Crippen LogP contribution in [0.3, 0.4) is 0 Å². The summed E-state index contributed by atoms with van der Waals surface area (Å²) < 4.78 is 6.08. The Morgan fingerprint density at radius 3 is 2.03 bits per heavy atom.